The second-order valence-electron chi connectivity index (χ2n) is 5.63. The van der Waals surface area contributed by atoms with E-state index in [1.54, 1.807) is 48.7 Å². The van der Waals surface area contributed by atoms with Gasteiger partial charge in [0.15, 0.2) is 0 Å². The first-order chi connectivity index (χ1) is 12.7. The number of aromatic nitrogens is 1. The topological polar surface area (TPSA) is 64.8 Å². The molecule has 1 amide bonds. The third kappa shape index (κ3) is 4.03. The van der Waals surface area contributed by atoms with E-state index in [2.05, 4.69) is 4.98 Å². The fourth-order valence-electron chi connectivity index (χ4n) is 2.62. The number of pyridine rings is 1. The molecule has 3 aromatic rings. The lowest BCUT2D eigenvalue weighted by Crippen LogP contribution is -2.30. The molecule has 0 unspecified atom stereocenters. The molecule has 0 atom stereocenters. The van der Waals surface area contributed by atoms with Crippen LogP contribution in [-0.2, 0) is 13.1 Å². The first-order valence-electron chi connectivity index (χ1n) is 8.15. The summed E-state index contributed by atoms with van der Waals surface area (Å²) in [5, 5.41) is 0. The average molecular weight is 352 g/mol. The summed E-state index contributed by atoms with van der Waals surface area (Å²) in [7, 11) is 3.10. The molecule has 0 aliphatic heterocycles. The number of carbonyl (C=O) groups excluding carboxylic acids is 1. The normalized spacial score (nSPS) is 10.4. The highest BCUT2D eigenvalue weighted by atomic mass is 16.5. The Morgan fingerprint density at radius 2 is 1.96 bits per heavy atom. The number of nitrogens with zero attached hydrogens (tertiary/aromatic N) is 2. The highest BCUT2D eigenvalue weighted by molar-refractivity contribution is 5.97. The van der Waals surface area contributed by atoms with E-state index in [1.165, 1.54) is 7.11 Å². The molecule has 0 bridgehead atoms. The van der Waals surface area contributed by atoms with Crippen LogP contribution in [0.25, 0.3) is 0 Å². The Balaban J connectivity index is 1.91. The molecule has 0 spiro atoms. The SMILES string of the molecule is COc1ccc(C(=O)N(Cc2ccccn2)Cc2ccco2)c(OC)c1. The van der Waals surface area contributed by atoms with Gasteiger partial charge < -0.3 is 18.8 Å². The zero-order valence-electron chi connectivity index (χ0n) is 14.7. The molecule has 0 aliphatic rings. The number of furan rings is 1. The number of hydrogen-bond donors (Lipinski definition) is 0. The summed E-state index contributed by atoms with van der Waals surface area (Å²) in [5.41, 5.74) is 1.25. The van der Waals surface area contributed by atoms with E-state index >= 15 is 0 Å². The van der Waals surface area contributed by atoms with Gasteiger partial charge in [-0.2, -0.15) is 0 Å². The molecule has 1 aromatic carbocycles. The van der Waals surface area contributed by atoms with Gasteiger partial charge in [-0.05, 0) is 36.4 Å². The molecule has 3 rings (SSSR count). The Labute approximate surface area is 152 Å². The number of rotatable bonds is 7. The van der Waals surface area contributed by atoms with Crippen LogP contribution in [0.15, 0.2) is 65.4 Å². The van der Waals surface area contributed by atoms with Crippen molar-refractivity contribution in [3.63, 3.8) is 0 Å². The van der Waals surface area contributed by atoms with Crippen LogP contribution in [0.3, 0.4) is 0 Å². The fourth-order valence-corrected chi connectivity index (χ4v) is 2.62. The molecule has 6 heteroatoms. The molecular formula is C20H20N2O4. The predicted molar refractivity (Wildman–Crippen MR) is 96.1 cm³/mol. The summed E-state index contributed by atoms with van der Waals surface area (Å²) in [6.45, 7) is 0.688. The fraction of sp³-hybridized carbons (Fsp3) is 0.200. The predicted octanol–water partition coefficient (Wildman–Crippen LogP) is 3.53. The Morgan fingerprint density at radius 3 is 2.62 bits per heavy atom. The van der Waals surface area contributed by atoms with Crippen molar-refractivity contribution in [2.24, 2.45) is 0 Å². The minimum absolute atomic E-state index is 0.174. The van der Waals surface area contributed by atoms with E-state index < -0.39 is 0 Å². The van der Waals surface area contributed by atoms with Gasteiger partial charge in [0.25, 0.3) is 5.91 Å². The summed E-state index contributed by atoms with van der Waals surface area (Å²) < 4.78 is 16.0. The molecule has 0 saturated heterocycles. The van der Waals surface area contributed by atoms with Crippen LogP contribution in [-0.4, -0.2) is 30.0 Å². The van der Waals surface area contributed by atoms with E-state index in [9.17, 15) is 4.79 Å². The second kappa shape index (κ2) is 8.20. The van der Waals surface area contributed by atoms with Crippen molar-refractivity contribution in [3.05, 3.63) is 78.0 Å². The average Bonchev–Trinajstić information content (AvgIpc) is 3.20. The lowest BCUT2D eigenvalue weighted by molar-refractivity contribution is 0.0712. The summed E-state index contributed by atoms with van der Waals surface area (Å²) >= 11 is 0. The number of carbonyl (C=O) groups is 1. The first-order valence-corrected chi connectivity index (χ1v) is 8.15. The van der Waals surface area contributed by atoms with Gasteiger partial charge in [0.05, 0.1) is 44.8 Å². The highest BCUT2D eigenvalue weighted by Crippen LogP contribution is 2.26. The van der Waals surface area contributed by atoms with Gasteiger partial charge in [0.2, 0.25) is 0 Å². The van der Waals surface area contributed by atoms with Crippen LogP contribution in [0.1, 0.15) is 21.8 Å². The number of benzene rings is 1. The smallest absolute Gasteiger partial charge is 0.258 e. The summed E-state index contributed by atoms with van der Waals surface area (Å²) in [6, 6.07) is 14.4. The van der Waals surface area contributed by atoms with Gasteiger partial charge in [-0.15, -0.1) is 0 Å². The van der Waals surface area contributed by atoms with Crippen LogP contribution in [0.5, 0.6) is 11.5 Å². The zero-order chi connectivity index (χ0) is 18.4. The van der Waals surface area contributed by atoms with E-state index in [0.717, 1.165) is 5.69 Å². The Kier molecular flexibility index (Phi) is 5.53. The van der Waals surface area contributed by atoms with Crippen LogP contribution in [0, 0.1) is 0 Å². The van der Waals surface area contributed by atoms with Crippen molar-refractivity contribution in [2.75, 3.05) is 14.2 Å². The van der Waals surface area contributed by atoms with E-state index in [4.69, 9.17) is 13.9 Å². The largest absolute Gasteiger partial charge is 0.497 e. The third-order valence-corrected chi connectivity index (χ3v) is 3.93. The van der Waals surface area contributed by atoms with Crippen molar-refractivity contribution in [3.8, 4) is 11.5 Å². The molecular weight excluding hydrogens is 332 g/mol. The Morgan fingerprint density at radius 1 is 1.08 bits per heavy atom. The lowest BCUT2D eigenvalue weighted by Gasteiger charge is -2.22. The lowest BCUT2D eigenvalue weighted by atomic mass is 10.1. The van der Waals surface area contributed by atoms with Crippen molar-refractivity contribution in [1.29, 1.82) is 0 Å². The quantitative estimate of drug-likeness (QED) is 0.651. The number of ether oxygens (including phenoxy) is 2. The maximum atomic E-state index is 13.2. The van der Waals surface area contributed by atoms with Crippen molar-refractivity contribution in [1.82, 2.24) is 9.88 Å². The monoisotopic (exact) mass is 352 g/mol. The molecule has 0 fully saturated rings. The summed E-state index contributed by atoms with van der Waals surface area (Å²) in [6.07, 6.45) is 3.30. The van der Waals surface area contributed by atoms with Gasteiger partial charge in [-0.1, -0.05) is 6.07 Å². The summed E-state index contributed by atoms with van der Waals surface area (Å²) in [4.78, 5) is 19.2. The van der Waals surface area contributed by atoms with Crippen LogP contribution in [0.4, 0.5) is 0 Å². The van der Waals surface area contributed by atoms with E-state index in [-0.39, 0.29) is 5.91 Å². The molecule has 26 heavy (non-hydrogen) atoms. The highest BCUT2D eigenvalue weighted by Gasteiger charge is 2.22. The standard InChI is InChI=1S/C20H20N2O4/c1-24-16-8-9-18(19(12-16)25-2)20(23)22(14-17-7-5-11-26-17)13-15-6-3-4-10-21-15/h3-12H,13-14H2,1-2H3. The molecule has 2 heterocycles. The van der Waals surface area contributed by atoms with Gasteiger partial charge in [0, 0.05) is 12.3 Å². The van der Waals surface area contributed by atoms with Crippen LogP contribution < -0.4 is 9.47 Å². The molecule has 0 radical (unpaired) electrons. The molecule has 0 N–H and O–H groups in total. The number of amides is 1. The van der Waals surface area contributed by atoms with Gasteiger partial charge in [-0.3, -0.25) is 9.78 Å². The van der Waals surface area contributed by atoms with Crippen molar-refractivity contribution in [2.45, 2.75) is 13.1 Å². The van der Waals surface area contributed by atoms with E-state index in [1.807, 2.05) is 24.3 Å². The van der Waals surface area contributed by atoms with Crippen LogP contribution >= 0.6 is 0 Å². The minimum atomic E-state index is -0.174. The van der Waals surface area contributed by atoms with Gasteiger partial charge >= 0.3 is 0 Å². The van der Waals surface area contributed by atoms with Gasteiger partial charge in [-0.25, -0.2) is 0 Å². The summed E-state index contributed by atoms with van der Waals surface area (Å²) in [5.74, 6) is 1.61. The number of methoxy groups -OCH3 is 2. The molecule has 134 valence electrons. The second-order valence-corrected chi connectivity index (χ2v) is 5.63. The molecule has 0 aliphatic carbocycles. The van der Waals surface area contributed by atoms with Crippen molar-refractivity contribution < 1.29 is 18.7 Å². The molecule has 6 nitrogen and oxygen atoms in total. The molecule has 2 aromatic heterocycles. The molecule has 0 saturated carbocycles. The minimum Gasteiger partial charge on any atom is -0.497 e. The Hall–Kier alpha value is -3.28. The number of hydrogen-bond acceptors (Lipinski definition) is 5. The van der Waals surface area contributed by atoms with Crippen LogP contribution in [0.2, 0.25) is 0 Å². The first kappa shape index (κ1) is 17.5. The zero-order valence-corrected chi connectivity index (χ0v) is 14.7. The Bertz CT molecular complexity index is 848. The van der Waals surface area contributed by atoms with E-state index in [0.29, 0.717) is 35.9 Å². The maximum absolute atomic E-state index is 13.2. The van der Waals surface area contributed by atoms with Gasteiger partial charge in [0.1, 0.15) is 17.3 Å². The van der Waals surface area contributed by atoms with Crippen molar-refractivity contribution >= 4 is 5.91 Å². The maximum Gasteiger partial charge on any atom is 0.258 e. The third-order valence-electron chi connectivity index (χ3n) is 3.93.